The molecule has 0 fully saturated rings. The van der Waals surface area contributed by atoms with Gasteiger partial charge in [-0.1, -0.05) is 52.0 Å². The van der Waals surface area contributed by atoms with Gasteiger partial charge in [0.05, 0.1) is 6.10 Å². The van der Waals surface area contributed by atoms with Crippen molar-refractivity contribution in [3.63, 3.8) is 0 Å². The lowest BCUT2D eigenvalue weighted by Gasteiger charge is -2.43. The Labute approximate surface area is 118 Å². The summed E-state index contributed by atoms with van der Waals surface area (Å²) in [6.45, 7) is 12.7. The standard InChI is InChI=1S/C17H29NO/c1-6-14-10-12-15(13-11-14)16(19)17(5,7-2)18(8-3)9-4/h10-13,16,19H,6-9H2,1-5H3. The Morgan fingerprint density at radius 2 is 1.58 bits per heavy atom. The molecule has 0 heterocycles. The Kier molecular flexibility index (Phi) is 6.02. The normalized spacial score (nSPS) is 16.4. The largest absolute Gasteiger partial charge is 0.386 e. The second-order valence-electron chi connectivity index (χ2n) is 5.38. The van der Waals surface area contributed by atoms with Gasteiger partial charge in [0, 0.05) is 5.54 Å². The van der Waals surface area contributed by atoms with Crippen molar-refractivity contribution in [2.24, 2.45) is 0 Å². The maximum absolute atomic E-state index is 10.8. The number of rotatable bonds is 7. The molecular formula is C17H29NO. The van der Waals surface area contributed by atoms with Crippen molar-refractivity contribution in [3.8, 4) is 0 Å². The molecule has 0 saturated carbocycles. The molecule has 0 saturated heterocycles. The Hall–Kier alpha value is -0.860. The highest BCUT2D eigenvalue weighted by Crippen LogP contribution is 2.34. The van der Waals surface area contributed by atoms with Gasteiger partial charge in [-0.25, -0.2) is 0 Å². The van der Waals surface area contributed by atoms with Crippen LogP contribution in [0.15, 0.2) is 24.3 Å². The molecule has 0 aliphatic heterocycles. The molecule has 1 rings (SSSR count). The topological polar surface area (TPSA) is 23.5 Å². The predicted octanol–water partition coefficient (Wildman–Crippen LogP) is 3.79. The number of hydrogen-bond donors (Lipinski definition) is 1. The molecule has 2 nitrogen and oxygen atoms in total. The molecule has 2 heteroatoms. The summed E-state index contributed by atoms with van der Waals surface area (Å²) >= 11 is 0. The molecule has 108 valence electrons. The zero-order chi connectivity index (χ0) is 14.5. The van der Waals surface area contributed by atoms with E-state index in [9.17, 15) is 5.11 Å². The first-order valence-corrected chi connectivity index (χ1v) is 7.55. The molecule has 0 bridgehead atoms. The lowest BCUT2D eigenvalue weighted by Crippen LogP contribution is -2.50. The van der Waals surface area contributed by atoms with Crippen molar-refractivity contribution in [1.29, 1.82) is 0 Å². The monoisotopic (exact) mass is 263 g/mol. The highest BCUT2D eigenvalue weighted by Gasteiger charge is 2.36. The maximum Gasteiger partial charge on any atom is 0.0970 e. The highest BCUT2D eigenvalue weighted by atomic mass is 16.3. The number of aryl methyl sites for hydroxylation is 1. The lowest BCUT2D eigenvalue weighted by atomic mass is 9.84. The first-order chi connectivity index (χ1) is 9.03. The van der Waals surface area contributed by atoms with E-state index in [0.717, 1.165) is 31.5 Å². The van der Waals surface area contributed by atoms with Gasteiger partial charge in [0.15, 0.2) is 0 Å². The third-order valence-corrected chi connectivity index (χ3v) is 4.49. The lowest BCUT2D eigenvalue weighted by molar-refractivity contribution is -0.0213. The van der Waals surface area contributed by atoms with Crippen LogP contribution in [-0.2, 0) is 6.42 Å². The first-order valence-electron chi connectivity index (χ1n) is 7.55. The van der Waals surface area contributed by atoms with Crippen molar-refractivity contribution in [1.82, 2.24) is 4.90 Å². The summed E-state index contributed by atoms with van der Waals surface area (Å²) in [6.07, 6.45) is 1.53. The molecule has 0 aliphatic rings. The van der Waals surface area contributed by atoms with Crippen LogP contribution in [0.3, 0.4) is 0 Å². The number of aliphatic hydroxyl groups is 1. The third kappa shape index (κ3) is 3.37. The van der Waals surface area contributed by atoms with E-state index in [1.165, 1.54) is 5.56 Å². The molecule has 0 aromatic heterocycles. The van der Waals surface area contributed by atoms with E-state index in [1.54, 1.807) is 0 Å². The van der Waals surface area contributed by atoms with Gasteiger partial charge >= 0.3 is 0 Å². The van der Waals surface area contributed by atoms with Crippen LogP contribution in [0.2, 0.25) is 0 Å². The number of nitrogens with zero attached hydrogens (tertiary/aromatic N) is 1. The molecule has 0 aliphatic carbocycles. The van der Waals surface area contributed by atoms with E-state index >= 15 is 0 Å². The minimum Gasteiger partial charge on any atom is -0.386 e. The molecule has 1 aromatic rings. The van der Waals surface area contributed by atoms with E-state index in [1.807, 2.05) is 0 Å². The summed E-state index contributed by atoms with van der Waals surface area (Å²) in [4.78, 5) is 2.35. The average molecular weight is 263 g/mol. The van der Waals surface area contributed by atoms with Crippen LogP contribution in [0, 0.1) is 0 Å². The minimum absolute atomic E-state index is 0.197. The van der Waals surface area contributed by atoms with Gasteiger partial charge in [-0.3, -0.25) is 4.90 Å². The number of likely N-dealkylation sites (N-methyl/N-ethyl adjacent to an activating group) is 1. The predicted molar refractivity (Wildman–Crippen MR) is 82.4 cm³/mol. The van der Waals surface area contributed by atoms with Crippen LogP contribution in [0.25, 0.3) is 0 Å². The van der Waals surface area contributed by atoms with Gasteiger partial charge in [0.1, 0.15) is 0 Å². The van der Waals surface area contributed by atoms with Gasteiger partial charge in [0.2, 0.25) is 0 Å². The molecule has 2 atom stereocenters. The fraction of sp³-hybridized carbons (Fsp3) is 0.647. The Balaban J connectivity index is 3.02. The fourth-order valence-corrected chi connectivity index (χ4v) is 2.83. The van der Waals surface area contributed by atoms with Crippen molar-refractivity contribution in [3.05, 3.63) is 35.4 Å². The van der Waals surface area contributed by atoms with Gasteiger partial charge in [-0.15, -0.1) is 0 Å². The van der Waals surface area contributed by atoms with Gasteiger partial charge in [-0.2, -0.15) is 0 Å². The highest BCUT2D eigenvalue weighted by molar-refractivity contribution is 5.26. The summed E-state index contributed by atoms with van der Waals surface area (Å²) in [5.41, 5.74) is 2.14. The molecule has 0 spiro atoms. The van der Waals surface area contributed by atoms with E-state index in [2.05, 4.69) is 63.8 Å². The second-order valence-corrected chi connectivity index (χ2v) is 5.38. The van der Waals surface area contributed by atoms with Crippen LogP contribution in [0.4, 0.5) is 0 Å². The van der Waals surface area contributed by atoms with Crippen LogP contribution in [0.5, 0.6) is 0 Å². The van der Waals surface area contributed by atoms with Crippen molar-refractivity contribution >= 4 is 0 Å². The Morgan fingerprint density at radius 1 is 1.05 bits per heavy atom. The zero-order valence-electron chi connectivity index (χ0n) is 13.1. The molecule has 0 amide bonds. The second kappa shape index (κ2) is 7.06. The van der Waals surface area contributed by atoms with Crippen molar-refractivity contribution in [2.75, 3.05) is 13.1 Å². The first kappa shape index (κ1) is 16.2. The van der Waals surface area contributed by atoms with Gasteiger partial charge in [-0.05, 0) is 44.0 Å². The maximum atomic E-state index is 10.8. The molecule has 1 N–H and O–H groups in total. The molecule has 0 radical (unpaired) electrons. The molecular weight excluding hydrogens is 234 g/mol. The SMILES string of the molecule is CCc1ccc(C(O)C(C)(CC)N(CC)CC)cc1. The van der Waals surface area contributed by atoms with E-state index in [-0.39, 0.29) is 5.54 Å². The van der Waals surface area contributed by atoms with Gasteiger partial charge in [0.25, 0.3) is 0 Å². The summed E-state index contributed by atoms with van der Waals surface area (Å²) < 4.78 is 0. The van der Waals surface area contributed by atoms with Gasteiger partial charge < -0.3 is 5.11 Å². The molecule has 2 unspecified atom stereocenters. The Bertz CT molecular complexity index is 369. The molecule has 19 heavy (non-hydrogen) atoms. The fourth-order valence-electron chi connectivity index (χ4n) is 2.83. The van der Waals surface area contributed by atoms with Crippen LogP contribution in [-0.4, -0.2) is 28.6 Å². The number of hydrogen-bond acceptors (Lipinski definition) is 2. The smallest absolute Gasteiger partial charge is 0.0970 e. The van der Waals surface area contributed by atoms with Crippen LogP contribution in [0.1, 0.15) is 58.3 Å². The van der Waals surface area contributed by atoms with E-state index < -0.39 is 6.10 Å². The number of aliphatic hydroxyl groups excluding tert-OH is 1. The van der Waals surface area contributed by atoms with E-state index in [4.69, 9.17) is 0 Å². The summed E-state index contributed by atoms with van der Waals surface area (Å²) in [5.74, 6) is 0. The zero-order valence-corrected chi connectivity index (χ0v) is 13.1. The Morgan fingerprint density at radius 3 is 1.95 bits per heavy atom. The molecule has 1 aromatic carbocycles. The van der Waals surface area contributed by atoms with Crippen molar-refractivity contribution in [2.45, 2.75) is 59.1 Å². The van der Waals surface area contributed by atoms with E-state index in [0.29, 0.717) is 0 Å². The van der Waals surface area contributed by atoms with Crippen LogP contribution < -0.4 is 0 Å². The van der Waals surface area contributed by atoms with Crippen molar-refractivity contribution < 1.29 is 5.11 Å². The number of benzene rings is 1. The summed E-state index contributed by atoms with van der Waals surface area (Å²) in [5, 5.41) is 10.8. The quantitative estimate of drug-likeness (QED) is 0.809. The third-order valence-electron chi connectivity index (χ3n) is 4.49. The summed E-state index contributed by atoms with van der Waals surface area (Å²) in [6, 6.07) is 8.38. The summed E-state index contributed by atoms with van der Waals surface area (Å²) in [7, 11) is 0. The average Bonchev–Trinajstić information content (AvgIpc) is 2.47. The van der Waals surface area contributed by atoms with Crippen LogP contribution >= 0.6 is 0 Å². The minimum atomic E-state index is -0.441.